The first kappa shape index (κ1) is 13.1. The van der Waals surface area contributed by atoms with Gasteiger partial charge in [-0.15, -0.1) is 6.58 Å². The van der Waals surface area contributed by atoms with Crippen LogP contribution in [0.15, 0.2) is 36.9 Å². The number of fused-ring (bicyclic) bond motifs is 1. The fraction of sp³-hybridized carbons (Fsp3) is 0.286. The molecule has 1 aromatic carbocycles. The Morgan fingerprint density at radius 1 is 1.53 bits per heavy atom. The fourth-order valence-electron chi connectivity index (χ4n) is 1.91. The van der Waals surface area contributed by atoms with E-state index in [2.05, 4.69) is 11.9 Å². The summed E-state index contributed by atoms with van der Waals surface area (Å²) in [4.78, 5) is 25.3. The van der Waals surface area contributed by atoms with Crippen LogP contribution in [0.5, 0.6) is 5.75 Å². The van der Waals surface area contributed by atoms with Crippen LogP contribution in [0.2, 0.25) is 0 Å². The first-order valence-corrected chi connectivity index (χ1v) is 6.08. The van der Waals surface area contributed by atoms with Crippen LogP contribution in [0.1, 0.15) is 6.92 Å². The molecule has 5 nitrogen and oxygen atoms in total. The molecule has 2 amide bonds. The summed E-state index contributed by atoms with van der Waals surface area (Å²) >= 11 is 0. The van der Waals surface area contributed by atoms with Gasteiger partial charge in [0, 0.05) is 6.54 Å². The van der Waals surface area contributed by atoms with Crippen LogP contribution in [0.25, 0.3) is 0 Å². The number of carbonyl (C=O) groups excluding carboxylic acids is 2. The van der Waals surface area contributed by atoms with E-state index in [0.717, 1.165) is 0 Å². The van der Waals surface area contributed by atoms with E-state index >= 15 is 0 Å². The molecule has 0 saturated carbocycles. The number of hydrogen-bond donors (Lipinski definition) is 1. The van der Waals surface area contributed by atoms with Gasteiger partial charge in [-0.05, 0) is 19.1 Å². The van der Waals surface area contributed by atoms with Crippen molar-refractivity contribution in [2.24, 2.45) is 0 Å². The van der Waals surface area contributed by atoms with Crippen molar-refractivity contribution in [2.45, 2.75) is 13.0 Å². The molecule has 0 fully saturated rings. The molecule has 19 heavy (non-hydrogen) atoms. The van der Waals surface area contributed by atoms with Crippen molar-refractivity contribution in [1.29, 1.82) is 0 Å². The highest BCUT2D eigenvalue weighted by molar-refractivity contribution is 6.03. The van der Waals surface area contributed by atoms with Gasteiger partial charge in [-0.2, -0.15) is 0 Å². The lowest BCUT2D eigenvalue weighted by Crippen LogP contribution is -2.48. The molecule has 1 heterocycles. The highest BCUT2D eigenvalue weighted by Crippen LogP contribution is 2.33. The maximum atomic E-state index is 12.1. The second-order valence-electron chi connectivity index (χ2n) is 4.24. The number of hydrogen-bond acceptors (Lipinski definition) is 3. The highest BCUT2D eigenvalue weighted by Gasteiger charge is 2.32. The average Bonchev–Trinajstić information content (AvgIpc) is 2.41. The Kier molecular flexibility index (Phi) is 3.85. The number of para-hydroxylation sites is 2. The molecule has 2 rings (SSSR count). The van der Waals surface area contributed by atoms with Crippen molar-refractivity contribution in [2.75, 3.05) is 18.0 Å². The van der Waals surface area contributed by atoms with Crippen molar-refractivity contribution >= 4 is 17.5 Å². The third-order valence-electron chi connectivity index (χ3n) is 2.82. The van der Waals surface area contributed by atoms with Crippen molar-refractivity contribution in [3.8, 4) is 5.75 Å². The summed E-state index contributed by atoms with van der Waals surface area (Å²) in [5.74, 6) is 0.177. The smallest absolute Gasteiger partial charge is 0.268 e. The van der Waals surface area contributed by atoms with Gasteiger partial charge in [-0.1, -0.05) is 18.2 Å². The molecule has 1 aliphatic rings. The number of carbonyl (C=O) groups is 2. The molecular weight excluding hydrogens is 244 g/mol. The SMILES string of the molecule is C=CCNC(=O)CN1C(=O)C(C)Oc2ccccc21. The Balaban J connectivity index is 2.20. The van der Waals surface area contributed by atoms with Gasteiger partial charge in [0.15, 0.2) is 6.10 Å². The molecule has 1 aliphatic heterocycles. The first-order chi connectivity index (χ1) is 9.13. The van der Waals surface area contributed by atoms with Gasteiger partial charge in [0.25, 0.3) is 5.91 Å². The predicted molar refractivity (Wildman–Crippen MR) is 72.1 cm³/mol. The maximum Gasteiger partial charge on any atom is 0.268 e. The van der Waals surface area contributed by atoms with Crippen LogP contribution >= 0.6 is 0 Å². The first-order valence-electron chi connectivity index (χ1n) is 6.08. The van der Waals surface area contributed by atoms with E-state index in [-0.39, 0.29) is 18.4 Å². The van der Waals surface area contributed by atoms with E-state index in [1.54, 1.807) is 31.2 Å². The number of amides is 2. The minimum absolute atomic E-state index is 0.0165. The zero-order valence-electron chi connectivity index (χ0n) is 10.8. The third kappa shape index (κ3) is 2.76. The molecule has 1 unspecified atom stereocenters. The molecule has 0 aliphatic carbocycles. The molecule has 0 radical (unpaired) electrons. The topological polar surface area (TPSA) is 58.6 Å². The summed E-state index contributed by atoms with van der Waals surface area (Å²) in [7, 11) is 0. The van der Waals surface area contributed by atoms with E-state index < -0.39 is 6.10 Å². The van der Waals surface area contributed by atoms with Gasteiger partial charge in [0.2, 0.25) is 5.91 Å². The summed E-state index contributed by atoms with van der Waals surface area (Å²) < 4.78 is 5.50. The van der Waals surface area contributed by atoms with Gasteiger partial charge in [-0.25, -0.2) is 0 Å². The minimum Gasteiger partial charge on any atom is -0.479 e. The summed E-state index contributed by atoms with van der Waals surface area (Å²) in [6.07, 6.45) is 1.01. The van der Waals surface area contributed by atoms with Gasteiger partial charge >= 0.3 is 0 Å². The van der Waals surface area contributed by atoms with Crippen molar-refractivity contribution in [3.05, 3.63) is 36.9 Å². The Hall–Kier alpha value is -2.30. The molecule has 5 heteroatoms. The van der Waals surface area contributed by atoms with Crippen LogP contribution in [0.3, 0.4) is 0 Å². The Bertz CT molecular complexity index is 513. The van der Waals surface area contributed by atoms with Crippen LogP contribution in [0, 0.1) is 0 Å². The average molecular weight is 260 g/mol. The molecule has 100 valence electrons. The van der Waals surface area contributed by atoms with Crippen LogP contribution in [-0.2, 0) is 9.59 Å². The zero-order chi connectivity index (χ0) is 13.8. The number of rotatable bonds is 4. The van der Waals surface area contributed by atoms with Gasteiger partial charge in [0.05, 0.1) is 5.69 Å². The molecule has 0 aromatic heterocycles. The Morgan fingerprint density at radius 2 is 2.26 bits per heavy atom. The maximum absolute atomic E-state index is 12.1. The predicted octanol–water partition coefficient (Wildman–Crippen LogP) is 1.10. The molecule has 1 aromatic rings. The summed E-state index contributed by atoms with van der Waals surface area (Å²) in [6, 6.07) is 7.18. The number of anilines is 1. The summed E-state index contributed by atoms with van der Waals surface area (Å²) in [5, 5.41) is 2.65. The molecule has 0 saturated heterocycles. The number of nitrogens with one attached hydrogen (secondary N) is 1. The monoisotopic (exact) mass is 260 g/mol. The van der Waals surface area contributed by atoms with E-state index in [4.69, 9.17) is 4.74 Å². The molecule has 1 N–H and O–H groups in total. The lowest BCUT2D eigenvalue weighted by Gasteiger charge is -2.32. The van der Waals surface area contributed by atoms with E-state index in [0.29, 0.717) is 18.0 Å². The van der Waals surface area contributed by atoms with Crippen molar-refractivity contribution < 1.29 is 14.3 Å². The number of ether oxygens (including phenoxy) is 1. The molecular formula is C14H16N2O3. The van der Waals surface area contributed by atoms with Crippen LogP contribution < -0.4 is 15.0 Å². The van der Waals surface area contributed by atoms with Crippen LogP contribution in [-0.4, -0.2) is 31.0 Å². The second-order valence-corrected chi connectivity index (χ2v) is 4.24. The highest BCUT2D eigenvalue weighted by atomic mass is 16.5. The molecule has 0 bridgehead atoms. The number of nitrogens with zero attached hydrogens (tertiary/aromatic N) is 1. The minimum atomic E-state index is -0.581. The lowest BCUT2D eigenvalue weighted by atomic mass is 10.2. The standard InChI is InChI=1S/C14H16N2O3/c1-3-8-15-13(17)9-16-11-6-4-5-7-12(11)19-10(2)14(16)18/h3-7,10H,1,8-9H2,2H3,(H,15,17). The van der Waals surface area contributed by atoms with Gasteiger partial charge < -0.3 is 10.1 Å². The quantitative estimate of drug-likeness (QED) is 0.825. The summed E-state index contributed by atoms with van der Waals surface area (Å²) in [6.45, 7) is 5.57. The van der Waals surface area contributed by atoms with E-state index in [1.165, 1.54) is 4.90 Å². The van der Waals surface area contributed by atoms with E-state index in [9.17, 15) is 9.59 Å². The number of benzene rings is 1. The largest absolute Gasteiger partial charge is 0.479 e. The third-order valence-corrected chi connectivity index (χ3v) is 2.82. The Morgan fingerprint density at radius 3 is 3.00 bits per heavy atom. The fourth-order valence-corrected chi connectivity index (χ4v) is 1.91. The normalized spacial score (nSPS) is 17.4. The van der Waals surface area contributed by atoms with Crippen molar-refractivity contribution in [1.82, 2.24) is 5.32 Å². The van der Waals surface area contributed by atoms with Gasteiger partial charge in [-0.3, -0.25) is 14.5 Å². The molecule has 1 atom stereocenters. The summed E-state index contributed by atoms with van der Waals surface area (Å²) in [5.41, 5.74) is 0.624. The zero-order valence-corrected chi connectivity index (χ0v) is 10.8. The van der Waals surface area contributed by atoms with Crippen LogP contribution in [0.4, 0.5) is 5.69 Å². The Labute approximate surface area is 111 Å². The van der Waals surface area contributed by atoms with E-state index in [1.807, 2.05) is 6.07 Å². The molecule has 0 spiro atoms. The second kappa shape index (κ2) is 5.56. The van der Waals surface area contributed by atoms with Gasteiger partial charge in [0.1, 0.15) is 12.3 Å². The van der Waals surface area contributed by atoms with Crippen molar-refractivity contribution in [3.63, 3.8) is 0 Å². The lowest BCUT2D eigenvalue weighted by molar-refractivity contribution is -0.128.